The van der Waals surface area contributed by atoms with Crippen LogP contribution in [0.4, 0.5) is 0 Å². The highest BCUT2D eigenvalue weighted by Gasteiger charge is 2.30. The van der Waals surface area contributed by atoms with E-state index in [4.69, 9.17) is 0 Å². The number of likely N-dealkylation sites (tertiary alicyclic amines) is 1. The maximum Gasteiger partial charge on any atom is 0.244 e. The molecule has 2 heterocycles. The monoisotopic (exact) mass is 267 g/mol. The highest BCUT2D eigenvalue weighted by atomic mass is 16.2. The van der Waals surface area contributed by atoms with Crippen molar-refractivity contribution in [3.05, 3.63) is 0 Å². The van der Waals surface area contributed by atoms with Gasteiger partial charge in [-0.2, -0.15) is 0 Å². The van der Waals surface area contributed by atoms with Crippen molar-refractivity contribution in [2.24, 2.45) is 5.92 Å². The van der Waals surface area contributed by atoms with Crippen molar-refractivity contribution >= 4 is 11.8 Å². The van der Waals surface area contributed by atoms with Gasteiger partial charge >= 0.3 is 0 Å². The summed E-state index contributed by atoms with van der Waals surface area (Å²) in [6.07, 6.45) is 4.09. The van der Waals surface area contributed by atoms with Gasteiger partial charge < -0.3 is 15.5 Å². The second-order valence-electron chi connectivity index (χ2n) is 5.75. The fraction of sp³-hybridized carbons (Fsp3) is 0.857. The van der Waals surface area contributed by atoms with E-state index >= 15 is 0 Å². The lowest BCUT2D eigenvalue weighted by molar-refractivity contribution is -0.136. The standard InChI is InChI=1S/C14H25N3O2/c1-10-12(6-5-7-15-10)13(18)16-11(2)14(19)17-8-3-4-9-17/h10-12,15H,3-9H2,1-2H3,(H,16,18). The minimum absolute atomic E-state index is 0.0115. The van der Waals surface area contributed by atoms with Crippen LogP contribution in [0.25, 0.3) is 0 Å². The summed E-state index contributed by atoms with van der Waals surface area (Å²) in [4.78, 5) is 26.2. The molecule has 2 saturated heterocycles. The average molecular weight is 267 g/mol. The maximum absolute atomic E-state index is 12.2. The van der Waals surface area contributed by atoms with Gasteiger partial charge in [-0.05, 0) is 46.1 Å². The highest BCUT2D eigenvalue weighted by Crippen LogP contribution is 2.17. The first-order chi connectivity index (χ1) is 9.09. The van der Waals surface area contributed by atoms with Gasteiger partial charge in [-0.25, -0.2) is 0 Å². The van der Waals surface area contributed by atoms with Crippen LogP contribution in [0.3, 0.4) is 0 Å². The van der Waals surface area contributed by atoms with E-state index in [1.165, 1.54) is 0 Å². The number of piperidine rings is 1. The van der Waals surface area contributed by atoms with Gasteiger partial charge in [0.05, 0.1) is 5.92 Å². The number of rotatable bonds is 3. The Labute approximate surface area is 115 Å². The summed E-state index contributed by atoms with van der Waals surface area (Å²) in [5.74, 6) is 0.0598. The van der Waals surface area contributed by atoms with Crippen molar-refractivity contribution in [3.8, 4) is 0 Å². The zero-order valence-electron chi connectivity index (χ0n) is 11.9. The molecule has 19 heavy (non-hydrogen) atoms. The predicted molar refractivity (Wildman–Crippen MR) is 73.6 cm³/mol. The van der Waals surface area contributed by atoms with Gasteiger partial charge in [-0.3, -0.25) is 9.59 Å². The molecule has 2 aliphatic rings. The largest absolute Gasteiger partial charge is 0.344 e. The topological polar surface area (TPSA) is 61.4 Å². The Hall–Kier alpha value is -1.10. The normalized spacial score (nSPS) is 29.1. The van der Waals surface area contributed by atoms with Crippen molar-refractivity contribution < 1.29 is 9.59 Å². The second kappa shape index (κ2) is 6.37. The number of hydrogen-bond acceptors (Lipinski definition) is 3. The summed E-state index contributed by atoms with van der Waals surface area (Å²) < 4.78 is 0. The van der Waals surface area contributed by atoms with Crippen molar-refractivity contribution in [2.45, 2.75) is 51.6 Å². The van der Waals surface area contributed by atoms with E-state index in [2.05, 4.69) is 10.6 Å². The Kier molecular flexibility index (Phi) is 4.80. The Bertz CT molecular complexity index is 340. The van der Waals surface area contributed by atoms with Gasteiger partial charge in [0.1, 0.15) is 6.04 Å². The van der Waals surface area contributed by atoms with Crippen molar-refractivity contribution in [3.63, 3.8) is 0 Å². The fourth-order valence-electron chi connectivity index (χ4n) is 3.00. The maximum atomic E-state index is 12.2. The molecule has 3 atom stereocenters. The first-order valence-corrected chi connectivity index (χ1v) is 7.42. The molecule has 2 fully saturated rings. The van der Waals surface area contributed by atoms with Crippen LogP contribution in [0.1, 0.15) is 39.5 Å². The summed E-state index contributed by atoms with van der Waals surface area (Å²) in [5, 5.41) is 6.20. The van der Waals surface area contributed by atoms with E-state index < -0.39 is 6.04 Å². The van der Waals surface area contributed by atoms with Crippen molar-refractivity contribution in [1.29, 1.82) is 0 Å². The van der Waals surface area contributed by atoms with Crippen LogP contribution in [0.5, 0.6) is 0 Å². The number of amides is 2. The van der Waals surface area contributed by atoms with Gasteiger partial charge in [0.2, 0.25) is 11.8 Å². The lowest BCUT2D eigenvalue weighted by atomic mass is 9.91. The van der Waals surface area contributed by atoms with Gasteiger partial charge in [0.15, 0.2) is 0 Å². The highest BCUT2D eigenvalue weighted by molar-refractivity contribution is 5.88. The van der Waals surface area contributed by atoms with E-state index in [9.17, 15) is 9.59 Å². The lowest BCUT2D eigenvalue weighted by Gasteiger charge is -2.30. The smallest absolute Gasteiger partial charge is 0.244 e. The molecule has 0 saturated carbocycles. The molecule has 2 N–H and O–H groups in total. The Morgan fingerprint density at radius 3 is 2.58 bits per heavy atom. The molecule has 5 nitrogen and oxygen atoms in total. The predicted octanol–water partition coefficient (Wildman–Crippen LogP) is 0.502. The van der Waals surface area contributed by atoms with E-state index in [1.54, 1.807) is 6.92 Å². The molecule has 0 aliphatic carbocycles. The molecule has 0 bridgehead atoms. The second-order valence-corrected chi connectivity index (χ2v) is 5.75. The van der Waals surface area contributed by atoms with Crippen LogP contribution in [-0.2, 0) is 9.59 Å². The molecule has 5 heteroatoms. The molecule has 0 spiro atoms. The third-order valence-electron chi connectivity index (χ3n) is 4.25. The lowest BCUT2D eigenvalue weighted by Crippen LogP contribution is -2.52. The quantitative estimate of drug-likeness (QED) is 0.783. The minimum Gasteiger partial charge on any atom is -0.344 e. The molecular formula is C14H25N3O2. The van der Waals surface area contributed by atoms with Gasteiger partial charge in [-0.1, -0.05) is 0 Å². The summed E-state index contributed by atoms with van der Waals surface area (Å²) in [7, 11) is 0. The fourth-order valence-corrected chi connectivity index (χ4v) is 3.00. The summed E-state index contributed by atoms with van der Waals surface area (Å²) in [5.41, 5.74) is 0. The van der Waals surface area contributed by atoms with E-state index in [0.29, 0.717) is 0 Å². The van der Waals surface area contributed by atoms with E-state index in [1.807, 2.05) is 11.8 Å². The first kappa shape index (κ1) is 14.3. The SMILES string of the molecule is CC(NC(=O)C1CCCNC1C)C(=O)N1CCCC1. The van der Waals surface area contributed by atoms with E-state index in [0.717, 1.165) is 45.3 Å². The molecule has 108 valence electrons. The first-order valence-electron chi connectivity index (χ1n) is 7.42. The molecular weight excluding hydrogens is 242 g/mol. The molecule has 0 aromatic heterocycles. The number of hydrogen-bond donors (Lipinski definition) is 2. The third-order valence-corrected chi connectivity index (χ3v) is 4.25. The molecule has 2 amide bonds. The molecule has 3 unspecified atom stereocenters. The number of carbonyl (C=O) groups is 2. The van der Waals surface area contributed by atoms with Gasteiger partial charge in [0.25, 0.3) is 0 Å². The van der Waals surface area contributed by atoms with Crippen LogP contribution in [0.2, 0.25) is 0 Å². The third kappa shape index (κ3) is 3.47. The number of nitrogens with zero attached hydrogens (tertiary/aromatic N) is 1. The van der Waals surface area contributed by atoms with E-state index in [-0.39, 0.29) is 23.8 Å². The summed E-state index contributed by atoms with van der Waals surface area (Å²) in [6.45, 7) is 6.48. The molecule has 0 aromatic rings. The van der Waals surface area contributed by atoms with Crippen LogP contribution in [0, 0.1) is 5.92 Å². The van der Waals surface area contributed by atoms with Crippen LogP contribution >= 0.6 is 0 Å². The Morgan fingerprint density at radius 1 is 1.26 bits per heavy atom. The zero-order valence-corrected chi connectivity index (χ0v) is 11.9. The van der Waals surface area contributed by atoms with Gasteiger partial charge in [-0.15, -0.1) is 0 Å². The molecule has 0 radical (unpaired) electrons. The van der Waals surface area contributed by atoms with Crippen LogP contribution in [0.15, 0.2) is 0 Å². The summed E-state index contributed by atoms with van der Waals surface area (Å²) in [6, 6.07) is -0.206. The molecule has 0 aromatic carbocycles. The average Bonchev–Trinajstić information content (AvgIpc) is 2.92. The Morgan fingerprint density at radius 2 is 1.95 bits per heavy atom. The van der Waals surface area contributed by atoms with Crippen molar-refractivity contribution in [1.82, 2.24) is 15.5 Å². The van der Waals surface area contributed by atoms with Gasteiger partial charge in [0, 0.05) is 19.1 Å². The Balaban J connectivity index is 1.85. The molecule has 2 rings (SSSR count). The number of carbonyl (C=O) groups excluding carboxylic acids is 2. The minimum atomic E-state index is -0.403. The van der Waals surface area contributed by atoms with Crippen LogP contribution in [-0.4, -0.2) is 48.4 Å². The zero-order chi connectivity index (χ0) is 13.8. The van der Waals surface area contributed by atoms with Crippen molar-refractivity contribution in [2.75, 3.05) is 19.6 Å². The summed E-state index contributed by atoms with van der Waals surface area (Å²) >= 11 is 0. The number of nitrogens with one attached hydrogen (secondary N) is 2. The molecule has 2 aliphatic heterocycles. The van der Waals surface area contributed by atoms with Crippen LogP contribution < -0.4 is 10.6 Å².